The minimum atomic E-state index is -0.747. The number of piperidine rings is 1. The summed E-state index contributed by atoms with van der Waals surface area (Å²) in [6, 6.07) is 9.12. The molecule has 0 radical (unpaired) electrons. The fourth-order valence-electron chi connectivity index (χ4n) is 4.95. The third-order valence-electron chi connectivity index (χ3n) is 6.83. The number of benzene rings is 2. The molecule has 1 N–H and O–H groups in total. The van der Waals surface area contributed by atoms with Crippen molar-refractivity contribution in [2.75, 3.05) is 6.54 Å². The van der Waals surface area contributed by atoms with Crippen molar-refractivity contribution in [2.45, 2.75) is 87.2 Å². The largest absolute Gasteiger partial charge is 0.490 e. The summed E-state index contributed by atoms with van der Waals surface area (Å²) in [4.78, 5) is 0. The summed E-state index contributed by atoms with van der Waals surface area (Å²) >= 11 is 2.40. The van der Waals surface area contributed by atoms with Crippen LogP contribution in [0.25, 0.3) is 11.1 Å². The monoisotopic (exact) mass is 553 g/mol. The maximum atomic E-state index is 15.1. The zero-order valence-corrected chi connectivity index (χ0v) is 21.1. The average molecular weight is 553 g/mol. The van der Waals surface area contributed by atoms with E-state index in [0.717, 1.165) is 49.1 Å². The SMILES string of the molecule is CCCCCCCCC1Cc2cc(-c3ccc(C4CCC(I)CN4)c(F)c3F)ccc2O1. The van der Waals surface area contributed by atoms with Crippen LogP contribution in [-0.4, -0.2) is 16.6 Å². The summed E-state index contributed by atoms with van der Waals surface area (Å²) in [5, 5.41) is 3.35. The number of halogens is 3. The second kappa shape index (κ2) is 11.3. The standard InChI is InChI=1S/C27H34F2INO/c1-2-3-4-5-6-7-8-21-16-19-15-18(9-14-25(19)32-21)22-11-12-23(27(29)26(22)28)24-13-10-20(30)17-31-24/h9,11-12,14-15,20-21,24,31H,2-8,10,13,16-17H2,1H3. The zero-order valence-electron chi connectivity index (χ0n) is 18.9. The minimum Gasteiger partial charge on any atom is -0.490 e. The lowest BCUT2D eigenvalue weighted by Crippen LogP contribution is -2.34. The highest BCUT2D eigenvalue weighted by molar-refractivity contribution is 14.1. The van der Waals surface area contributed by atoms with Gasteiger partial charge in [0.25, 0.3) is 0 Å². The Hall–Kier alpha value is -1.21. The number of hydrogen-bond donors (Lipinski definition) is 1. The quantitative estimate of drug-likeness (QED) is 0.194. The molecule has 32 heavy (non-hydrogen) atoms. The summed E-state index contributed by atoms with van der Waals surface area (Å²) in [7, 11) is 0. The van der Waals surface area contributed by atoms with Crippen LogP contribution in [0, 0.1) is 11.6 Å². The Balaban J connectivity index is 1.40. The molecule has 0 aromatic heterocycles. The number of rotatable bonds is 9. The molecule has 2 heterocycles. The highest BCUT2D eigenvalue weighted by atomic mass is 127. The van der Waals surface area contributed by atoms with Gasteiger partial charge in [-0.2, -0.15) is 0 Å². The van der Waals surface area contributed by atoms with Gasteiger partial charge in [0.2, 0.25) is 0 Å². The van der Waals surface area contributed by atoms with Gasteiger partial charge < -0.3 is 10.1 Å². The predicted molar refractivity (Wildman–Crippen MR) is 136 cm³/mol. The lowest BCUT2D eigenvalue weighted by Gasteiger charge is -2.27. The average Bonchev–Trinajstić information content (AvgIpc) is 3.21. The van der Waals surface area contributed by atoms with Gasteiger partial charge in [0, 0.05) is 34.1 Å². The van der Waals surface area contributed by atoms with Crippen molar-refractivity contribution in [1.29, 1.82) is 0 Å². The van der Waals surface area contributed by atoms with Crippen molar-refractivity contribution in [1.82, 2.24) is 5.32 Å². The lowest BCUT2D eigenvalue weighted by atomic mass is 9.93. The van der Waals surface area contributed by atoms with Gasteiger partial charge in [-0.1, -0.05) is 79.8 Å². The van der Waals surface area contributed by atoms with Crippen LogP contribution < -0.4 is 10.1 Å². The van der Waals surface area contributed by atoms with Gasteiger partial charge in [-0.05, 0) is 48.9 Å². The summed E-state index contributed by atoms with van der Waals surface area (Å²) in [5.74, 6) is -0.574. The number of fused-ring (bicyclic) bond motifs is 1. The van der Waals surface area contributed by atoms with Gasteiger partial charge >= 0.3 is 0 Å². The Labute approximate surface area is 204 Å². The Bertz CT molecular complexity index is 911. The van der Waals surface area contributed by atoms with Crippen LogP contribution in [-0.2, 0) is 6.42 Å². The molecule has 4 rings (SSSR count). The number of hydrogen-bond acceptors (Lipinski definition) is 2. The molecule has 2 aromatic rings. The maximum Gasteiger partial charge on any atom is 0.166 e. The number of alkyl halides is 1. The molecular formula is C27H34F2INO. The van der Waals surface area contributed by atoms with E-state index in [1.54, 1.807) is 12.1 Å². The van der Waals surface area contributed by atoms with Crippen LogP contribution in [0.5, 0.6) is 5.75 Å². The van der Waals surface area contributed by atoms with Crippen LogP contribution in [0.3, 0.4) is 0 Å². The number of unbranched alkanes of at least 4 members (excludes halogenated alkanes) is 5. The molecule has 0 amide bonds. The molecule has 174 valence electrons. The van der Waals surface area contributed by atoms with Crippen LogP contribution >= 0.6 is 22.6 Å². The third-order valence-corrected chi connectivity index (χ3v) is 7.90. The molecule has 2 aromatic carbocycles. The smallest absolute Gasteiger partial charge is 0.166 e. The molecule has 1 fully saturated rings. The first kappa shape index (κ1) is 23.9. The van der Waals surface area contributed by atoms with Crippen molar-refractivity contribution in [3.05, 3.63) is 53.1 Å². The normalized spacial score (nSPS) is 22.6. The fraction of sp³-hybridized carbons (Fsp3) is 0.556. The summed E-state index contributed by atoms with van der Waals surface area (Å²) in [6.07, 6.45) is 11.6. The molecule has 2 nitrogen and oxygen atoms in total. The molecule has 0 bridgehead atoms. The van der Waals surface area contributed by atoms with Crippen molar-refractivity contribution < 1.29 is 13.5 Å². The molecule has 3 atom stereocenters. The molecule has 0 aliphatic carbocycles. The molecular weight excluding hydrogens is 519 g/mol. The van der Waals surface area contributed by atoms with Crippen LogP contribution in [0.4, 0.5) is 8.78 Å². The molecule has 3 unspecified atom stereocenters. The highest BCUT2D eigenvalue weighted by Gasteiger charge is 2.26. The first-order valence-corrected chi connectivity index (χ1v) is 13.5. The second-order valence-electron chi connectivity index (χ2n) is 9.29. The van der Waals surface area contributed by atoms with E-state index in [4.69, 9.17) is 4.74 Å². The Kier molecular flexibility index (Phi) is 8.43. The minimum absolute atomic E-state index is 0.110. The molecule has 2 aliphatic heterocycles. The molecule has 0 spiro atoms. The van der Waals surface area contributed by atoms with E-state index in [2.05, 4.69) is 34.8 Å². The zero-order chi connectivity index (χ0) is 22.5. The molecule has 0 saturated carbocycles. The van der Waals surface area contributed by atoms with E-state index in [1.807, 2.05) is 18.2 Å². The summed E-state index contributed by atoms with van der Waals surface area (Å²) in [6.45, 7) is 3.07. The Morgan fingerprint density at radius 2 is 1.81 bits per heavy atom. The van der Waals surface area contributed by atoms with E-state index >= 15 is 4.39 Å². The first-order valence-electron chi connectivity index (χ1n) is 12.2. The highest BCUT2D eigenvalue weighted by Crippen LogP contribution is 2.37. The van der Waals surface area contributed by atoms with Crippen molar-refractivity contribution in [2.24, 2.45) is 0 Å². The number of nitrogens with one attached hydrogen (secondary N) is 1. The first-order chi connectivity index (χ1) is 15.6. The lowest BCUT2D eigenvalue weighted by molar-refractivity contribution is 0.216. The fourth-order valence-corrected chi connectivity index (χ4v) is 5.56. The van der Waals surface area contributed by atoms with Gasteiger partial charge in [-0.25, -0.2) is 8.78 Å². The van der Waals surface area contributed by atoms with Crippen molar-refractivity contribution >= 4 is 22.6 Å². The molecule has 2 aliphatic rings. The van der Waals surface area contributed by atoms with E-state index in [0.29, 0.717) is 15.1 Å². The Morgan fingerprint density at radius 1 is 1.00 bits per heavy atom. The van der Waals surface area contributed by atoms with Gasteiger partial charge in [-0.15, -0.1) is 0 Å². The molecule has 5 heteroatoms. The van der Waals surface area contributed by atoms with Crippen LogP contribution in [0.15, 0.2) is 30.3 Å². The topological polar surface area (TPSA) is 21.3 Å². The van der Waals surface area contributed by atoms with Crippen molar-refractivity contribution in [3.63, 3.8) is 0 Å². The van der Waals surface area contributed by atoms with E-state index in [9.17, 15) is 4.39 Å². The number of ether oxygens (including phenoxy) is 1. The van der Waals surface area contributed by atoms with Crippen molar-refractivity contribution in [3.8, 4) is 16.9 Å². The third kappa shape index (κ3) is 5.64. The van der Waals surface area contributed by atoms with Crippen LogP contribution in [0.2, 0.25) is 0 Å². The van der Waals surface area contributed by atoms with Gasteiger partial charge in [0.15, 0.2) is 11.6 Å². The summed E-state index contributed by atoms with van der Waals surface area (Å²) in [5.41, 5.74) is 2.60. The van der Waals surface area contributed by atoms with E-state index in [-0.39, 0.29) is 12.1 Å². The van der Waals surface area contributed by atoms with Gasteiger partial charge in [-0.3, -0.25) is 0 Å². The van der Waals surface area contributed by atoms with Gasteiger partial charge in [0.05, 0.1) is 0 Å². The maximum absolute atomic E-state index is 15.1. The van der Waals surface area contributed by atoms with Crippen LogP contribution in [0.1, 0.15) is 81.9 Å². The predicted octanol–water partition coefficient (Wildman–Crippen LogP) is 7.91. The molecule has 1 saturated heterocycles. The summed E-state index contributed by atoms with van der Waals surface area (Å²) < 4.78 is 36.7. The van der Waals surface area contributed by atoms with E-state index < -0.39 is 11.6 Å². The second-order valence-corrected chi connectivity index (χ2v) is 11.1. The Morgan fingerprint density at radius 3 is 2.59 bits per heavy atom. The van der Waals surface area contributed by atoms with E-state index in [1.165, 1.54) is 38.5 Å². The van der Waals surface area contributed by atoms with Gasteiger partial charge in [0.1, 0.15) is 11.9 Å².